The van der Waals surface area contributed by atoms with E-state index in [-0.39, 0.29) is 24.1 Å². The van der Waals surface area contributed by atoms with Crippen molar-refractivity contribution in [3.05, 3.63) is 82.0 Å². The second-order valence-corrected chi connectivity index (χ2v) is 8.53. The van der Waals surface area contributed by atoms with Gasteiger partial charge in [-0.05, 0) is 43.0 Å². The zero-order chi connectivity index (χ0) is 25.2. The quantitative estimate of drug-likeness (QED) is 0.244. The number of anilines is 1. The van der Waals surface area contributed by atoms with Gasteiger partial charge in [-0.2, -0.15) is 5.10 Å². The molecule has 184 valence electrons. The van der Waals surface area contributed by atoms with Crippen LogP contribution in [0.5, 0.6) is 0 Å². The number of carboxylic acids is 1. The molecule has 7 nitrogen and oxygen atoms in total. The number of aliphatic carboxylic acids is 1. The third-order valence-corrected chi connectivity index (χ3v) is 5.79. The molecule has 0 radical (unpaired) electrons. The van der Waals surface area contributed by atoms with Crippen molar-refractivity contribution in [1.29, 1.82) is 0 Å². The Kier molecular flexibility index (Phi) is 9.29. The van der Waals surface area contributed by atoms with Crippen molar-refractivity contribution in [3.8, 4) is 0 Å². The molecule has 1 heterocycles. The Morgan fingerprint density at radius 3 is 2.66 bits per heavy atom. The summed E-state index contributed by atoms with van der Waals surface area (Å²) in [5.74, 6) is -3.14. The fraction of sp³-hybridized carbons (Fsp3) is 0.333. The molecule has 0 saturated carbocycles. The van der Waals surface area contributed by atoms with Gasteiger partial charge >= 0.3 is 5.97 Å². The first-order valence-electron chi connectivity index (χ1n) is 11.8. The van der Waals surface area contributed by atoms with Crippen LogP contribution in [0.1, 0.15) is 56.7 Å². The molecule has 3 rings (SSSR count). The fourth-order valence-corrected chi connectivity index (χ4v) is 3.86. The number of allylic oxidation sites excluding steroid dienone is 2. The lowest BCUT2D eigenvalue weighted by atomic mass is 10.00. The van der Waals surface area contributed by atoms with E-state index in [9.17, 15) is 23.9 Å². The number of benzene rings is 2. The van der Waals surface area contributed by atoms with Crippen molar-refractivity contribution in [2.75, 3.05) is 5.32 Å². The maximum Gasteiger partial charge on any atom is 0.307 e. The number of aromatic nitrogens is 2. The number of halogens is 1. The number of carboxylic acid groups (broad SMARTS) is 1. The van der Waals surface area contributed by atoms with E-state index in [0.717, 1.165) is 25.7 Å². The Balaban J connectivity index is 1.67. The molecule has 0 aliphatic carbocycles. The Morgan fingerprint density at radius 1 is 1.14 bits per heavy atom. The Hall–Kier alpha value is -3.81. The highest BCUT2D eigenvalue weighted by atomic mass is 19.1. The molecule has 0 saturated heterocycles. The van der Waals surface area contributed by atoms with Gasteiger partial charge in [0, 0.05) is 18.2 Å². The monoisotopic (exact) mass is 479 g/mol. The lowest BCUT2D eigenvalue weighted by Gasteiger charge is -2.12. The number of nitrogens with one attached hydrogen (secondary N) is 2. The summed E-state index contributed by atoms with van der Waals surface area (Å²) in [6, 6.07) is 11.4. The number of H-pyrrole nitrogens is 1. The van der Waals surface area contributed by atoms with Crippen LogP contribution in [-0.4, -0.2) is 27.2 Å². The Bertz CT molecular complexity index is 1270. The summed E-state index contributed by atoms with van der Waals surface area (Å²) in [6.45, 7) is 2.11. The van der Waals surface area contributed by atoms with Crippen molar-refractivity contribution in [1.82, 2.24) is 10.2 Å². The van der Waals surface area contributed by atoms with Crippen molar-refractivity contribution in [2.45, 2.75) is 51.9 Å². The molecule has 0 spiro atoms. The van der Waals surface area contributed by atoms with Gasteiger partial charge in [0.25, 0.3) is 5.56 Å². The van der Waals surface area contributed by atoms with Crippen LogP contribution in [0, 0.1) is 11.7 Å². The molecule has 1 amide bonds. The minimum absolute atomic E-state index is 0.0273. The summed E-state index contributed by atoms with van der Waals surface area (Å²) in [5.41, 5.74) is 0.970. The predicted octanol–water partition coefficient (Wildman–Crippen LogP) is 5.21. The van der Waals surface area contributed by atoms with E-state index in [1.54, 1.807) is 30.3 Å². The van der Waals surface area contributed by atoms with Crippen LogP contribution < -0.4 is 10.9 Å². The molecule has 1 aromatic heterocycles. The van der Waals surface area contributed by atoms with Crippen LogP contribution in [-0.2, 0) is 16.0 Å². The van der Waals surface area contributed by atoms with E-state index in [4.69, 9.17) is 0 Å². The predicted molar refractivity (Wildman–Crippen MR) is 134 cm³/mol. The molecule has 0 aliphatic heterocycles. The first-order valence-corrected chi connectivity index (χ1v) is 11.8. The largest absolute Gasteiger partial charge is 0.481 e. The van der Waals surface area contributed by atoms with Crippen molar-refractivity contribution >= 4 is 28.3 Å². The summed E-state index contributed by atoms with van der Waals surface area (Å²) in [5, 5.41) is 19.8. The number of unbranched alkanes of at least 4 members (excludes halogenated alkanes) is 3. The number of amides is 1. The molecule has 1 unspecified atom stereocenters. The minimum Gasteiger partial charge on any atom is -0.481 e. The van der Waals surface area contributed by atoms with E-state index < -0.39 is 23.6 Å². The van der Waals surface area contributed by atoms with Crippen molar-refractivity contribution in [3.63, 3.8) is 0 Å². The molecule has 35 heavy (non-hydrogen) atoms. The highest BCUT2D eigenvalue weighted by Gasteiger charge is 2.21. The normalized spacial score (nSPS) is 12.2. The number of rotatable bonds is 12. The van der Waals surface area contributed by atoms with Gasteiger partial charge in [-0.25, -0.2) is 9.49 Å². The molecule has 8 heteroatoms. The zero-order valence-corrected chi connectivity index (χ0v) is 19.7. The molecule has 3 N–H and O–H groups in total. The zero-order valence-electron chi connectivity index (χ0n) is 19.7. The van der Waals surface area contributed by atoms with E-state index in [1.807, 2.05) is 12.1 Å². The van der Waals surface area contributed by atoms with Gasteiger partial charge in [-0.1, -0.05) is 56.2 Å². The summed E-state index contributed by atoms with van der Waals surface area (Å²) < 4.78 is 14.4. The standard InChI is InChI=1S/C27H30FN3O4/c1-2-3-4-5-6-7-10-19(27(34)35)17-25(32)29-24-16-18(13-14-22(24)28)15-23-20-11-8-9-12-21(20)26(33)31-30-23/h6-9,11-14,16,19H,2-5,10,15,17H2,1H3,(H,29,32)(H,31,33)(H,34,35)/b7-6+. The van der Waals surface area contributed by atoms with Gasteiger partial charge < -0.3 is 10.4 Å². The summed E-state index contributed by atoms with van der Waals surface area (Å²) in [6.07, 6.45) is 8.18. The van der Waals surface area contributed by atoms with Gasteiger partial charge in [-0.15, -0.1) is 0 Å². The molecular weight excluding hydrogens is 449 g/mol. The van der Waals surface area contributed by atoms with E-state index in [2.05, 4.69) is 22.4 Å². The molecule has 2 aromatic carbocycles. The number of aromatic amines is 1. The van der Waals surface area contributed by atoms with Gasteiger partial charge in [-0.3, -0.25) is 14.4 Å². The molecule has 3 aromatic rings. The SMILES string of the molecule is CCCCC/C=C/CC(CC(=O)Nc1cc(Cc2n[nH]c(=O)c3ccccc23)ccc1F)C(=O)O. The van der Waals surface area contributed by atoms with Gasteiger partial charge in [0.05, 0.1) is 22.7 Å². The number of carbonyl (C=O) groups excluding carboxylic acids is 1. The maximum absolute atomic E-state index is 14.4. The second kappa shape index (κ2) is 12.6. The van der Waals surface area contributed by atoms with Gasteiger partial charge in [0.2, 0.25) is 5.91 Å². The first-order chi connectivity index (χ1) is 16.9. The molecule has 0 aliphatic rings. The molecule has 1 atom stereocenters. The average molecular weight is 480 g/mol. The number of carbonyl (C=O) groups is 2. The smallest absolute Gasteiger partial charge is 0.307 e. The van der Waals surface area contributed by atoms with Crippen molar-refractivity contribution in [2.24, 2.45) is 5.92 Å². The minimum atomic E-state index is -1.07. The number of hydrogen-bond donors (Lipinski definition) is 3. The van der Waals surface area contributed by atoms with Crippen LogP contribution >= 0.6 is 0 Å². The van der Waals surface area contributed by atoms with Gasteiger partial charge in [0.15, 0.2) is 0 Å². The third kappa shape index (κ3) is 7.34. The molecule has 0 fully saturated rings. The first kappa shape index (κ1) is 25.8. The topological polar surface area (TPSA) is 112 Å². The van der Waals surface area contributed by atoms with E-state index in [1.165, 1.54) is 12.1 Å². The van der Waals surface area contributed by atoms with Gasteiger partial charge in [0.1, 0.15) is 5.82 Å². The Morgan fingerprint density at radius 2 is 1.91 bits per heavy atom. The van der Waals surface area contributed by atoms with E-state index in [0.29, 0.717) is 28.5 Å². The highest BCUT2D eigenvalue weighted by Crippen LogP contribution is 2.22. The third-order valence-electron chi connectivity index (χ3n) is 5.79. The lowest BCUT2D eigenvalue weighted by Crippen LogP contribution is -2.22. The summed E-state index contributed by atoms with van der Waals surface area (Å²) in [4.78, 5) is 36.1. The van der Waals surface area contributed by atoms with Crippen LogP contribution in [0.2, 0.25) is 0 Å². The lowest BCUT2D eigenvalue weighted by molar-refractivity contribution is -0.143. The second-order valence-electron chi connectivity index (χ2n) is 8.53. The van der Waals surface area contributed by atoms with Crippen molar-refractivity contribution < 1.29 is 19.1 Å². The maximum atomic E-state index is 14.4. The van der Waals surface area contributed by atoms with Crippen LogP contribution in [0.4, 0.5) is 10.1 Å². The number of hydrogen-bond acceptors (Lipinski definition) is 4. The highest BCUT2D eigenvalue weighted by molar-refractivity contribution is 5.93. The molecular formula is C27H30FN3O4. The van der Waals surface area contributed by atoms with Crippen LogP contribution in [0.25, 0.3) is 10.8 Å². The average Bonchev–Trinajstić information content (AvgIpc) is 2.84. The number of nitrogens with zero attached hydrogens (tertiary/aromatic N) is 1. The van der Waals surface area contributed by atoms with E-state index >= 15 is 0 Å². The number of fused-ring (bicyclic) bond motifs is 1. The summed E-state index contributed by atoms with van der Waals surface area (Å²) in [7, 11) is 0. The van der Waals surface area contributed by atoms with Crippen LogP contribution in [0.3, 0.4) is 0 Å². The molecule has 0 bridgehead atoms. The fourth-order valence-electron chi connectivity index (χ4n) is 3.86. The van der Waals surface area contributed by atoms with Crippen LogP contribution in [0.15, 0.2) is 59.4 Å². The summed E-state index contributed by atoms with van der Waals surface area (Å²) >= 11 is 0. The Labute approximate surface area is 203 Å².